The lowest BCUT2D eigenvalue weighted by Crippen LogP contribution is -2.13. The lowest BCUT2D eigenvalue weighted by Gasteiger charge is -2.06. The maximum atomic E-state index is 12.1. The smallest absolute Gasteiger partial charge is 0.318 e. The fourth-order valence-electron chi connectivity index (χ4n) is 2.18. The van der Waals surface area contributed by atoms with Gasteiger partial charge in [-0.1, -0.05) is 48.5 Å². The number of hydrogen-bond donors (Lipinski definition) is 0. The van der Waals surface area contributed by atoms with Gasteiger partial charge in [-0.2, -0.15) is 0 Å². The molecule has 3 aromatic rings. The first-order valence-corrected chi connectivity index (χ1v) is 7.48. The molecule has 0 bridgehead atoms. The van der Waals surface area contributed by atoms with Gasteiger partial charge in [0.15, 0.2) is 5.58 Å². The highest BCUT2D eigenvalue weighted by Crippen LogP contribution is 2.22. The van der Waals surface area contributed by atoms with Gasteiger partial charge in [0.25, 0.3) is 0 Å². The van der Waals surface area contributed by atoms with Crippen LogP contribution in [0.5, 0.6) is 0 Å². The van der Waals surface area contributed by atoms with Crippen molar-refractivity contribution in [2.75, 3.05) is 6.61 Å². The van der Waals surface area contributed by atoms with Crippen LogP contribution in [0.3, 0.4) is 0 Å². The van der Waals surface area contributed by atoms with E-state index in [0.717, 1.165) is 11.1 Å². The summed E-state index contributed by atoms with van der Waals surface area (Å²) >= 11 is 0. The van der Waals surface area contributed by atoms with Crippen LogP contribution in [0.2, 0.25) is 0 Å². The van der Waals surface area contributed by atoms with E-state index in [1.54, 1.807) is 6.92 Å². The number of carbonyl (C=O) groups excluding carboxylic acids is 1. The quantitative estimate of drug-likeness (QED) is 0.663. The van der Waals surface area contributed by atoms with Gasteiger partial charge < -0.3 is 9.15 Å². The molecule has 4 nitrogen and oxygen atoms in total. The number of carbonyl (C=O) groups is 1. The molecule has 0 saturated heterocycles. The fourth-order valence-corrected chi connectivity index (χ4v) is 2.18. The Bertz CT molecular complexity index is 788. The monoisotopic (exact) mass is 307 g/mol. The summed E-state index contributed by atoms with van der Waals surface area (Å²) in [6.07, 6.45) is 3.73. The van der Waals surface area contributed by atoms with E-state index in [-0.39, 0.29) is 12.6 Å². The van der Waals surface area contributed by atoms with Crippen molar-refractivity contribution in [2.45, 2.75) is 12.8 Å². The molecular formula is C19H17NO3. The predicted octanol–water partition coefficient (Wildman–Crippen LogP) is 4.19. The van der Waals surface area contributed by atoms with Crippen LogP contribution in [-0.2, 0) is 9.53 Å². The lowest BCUT2D eigenvalue weighted by atomic mass is 10.2. The molecule has 0 aliphatic rings. The largest absolute Gasteiger partial charge is 0.461 e. The van der Waals surface area contributed by atoms with Crippen LogP contribution in [0.15, 0.2) is 65.1 Å². The molecule has 0 spiro atoms. The van der Waals surface area contributed by atoms with Crippen molar-refractivity contribution in [1.29, 1.82) is 0 Å². The number of nitrogens with zero attached hydrogens (tertiary/aromatic N) is 1. The van der Waals surface area contributed by atoms with E-state index in [0.29, 0.717) is 11.5 Å². The van der Waals surface area contributed by atoms with Crippen molar-refractivity contribution in [3.8, 4) is 0 Å². The number of oxazole rings is 1. The highest BCUT2D eigenvalue weighted by Gasteiger charge is 2.22. The van der Waals surface area contributed by atoms with Crippen molar-refractivity contribution in [2.24, 2.45) is 0 Å². The topological polar surface area (TPSA) is 52.3 Å². The van der Waals surface area contributed by atoms with E-state index in [1.807, 2.05) is 66.7 Å². The van der Waals surface area contributed by atoms with E-state index < -0.39 is 5.92 Å². The number of aromatic nitrogens is 1. The summed E-state index contributed by atoms with van der Waals surface area (Å²) < 4.78 is 10.8. The van der Waals surface area contributed by atoms with Crippen molar-refractivity contribution in [3.63, 3.8) is 0 Å². The second-order valence-corrected chi connectivity index (χ2v) is 5.18. The number of ether oxygens (including phenoxy) is 1. The number of benzene rings is 2. The van der Waals surface area contributed by atoms with Gasteiger partial charge in [-0.15, -0.1) is 0 Å². The normalized spacial score (nSPS) is 12.6. The maximum absolute atomic E-state index is 12.1. The number of hydrogen-bond acceptors (Lipinski definition) is 4. The zero-order valence-electron chi connectivity index (χ0n) is 12.8. The molecule has 1 aromatic heterocycles. The summed E-state index contributed by atoms with van der Waals surface area (Å²) in [5.41, 5.74) is 2.48. The molecule has 0 radical (unpaired) electrons. The Morgan fingerprint density at radius 3 is 2.70 bits per heavy atom. The molecule has 4 heteroatoms. The molecule has 3 rings (SSSR count). The summed E-state index contributed by atoms with van der Waals surface area (Å²) in [7, 11) is 0. The minimum atomic E-state index is -0.535. The molecular weight excluding hydrogens is 290 g/mol. The van der Waals surface area contributed by atoms with Gasteiger partial charge in [0.05, 0.1) is 0 Å². The van der Waals surface area contributed by atoms with Gasteiger partial charge in [-0.05, 0) is 30.7 Å². The van der Waals surface area contributed by atoms with Gasteiger partial charge in [-0.3, -0.25) is 4.79 Å². The van der Waals surface area contributed by atoms with Crippen molar-refractivity contribution in [1.82, 2.24) is 4.98 Å². The molecule has 23 heavy (non-hydrogen) atoms. The Kier molecular flexibility index (Phi) is 4.52. The molecule has 0 aliphatic carbocycles. The fraction of sp³-hybridized carbons (Fsp3) is 0.158. The molecule has 0 fully saturated rings. The van der Waals surface area contributed by atoms with E-state index in [1.165, 1.54) is 0 Å². The third kappa shape index (κ3) is 3.66. The van der Waals surface area contributed by atoms with Crippen LogP contribution >= 0.6 is 0 Å². The van der Waals surface area contributed by atoms with Crippen LogP contribution < -0.4 is 0 Å². The van der Waals surface area contributed by atoms with Crippen molar-refractivity contribution in [3.05, 3.63) is 72.1 Å². The predicted molar refractivity (Wildman–Crippen MR) is 88.9 cm³/mol. The highest BCUT2D eigenvalue weighted by molar-refractivity contribution is 5.78. The molecule has 1 atom stereocenters. The molecule has 1 heterocycles. The van der Waals surface area contributed by atoms with Gasteiger partial charge in [0.2, 0.25) is 5.89 Å². The Morgan fingerprint density at radius 2 is 1.91 bits per heavy atom. The zero-order chi connectivity index (χ0) is 16.1. The van der Waals surface area contributed by atoms with E-state index in [2.05, 4.69) is 4.98 Å². The zero-order valence-corrected chi connectivity index (χ0v) is 12.8. The number of fused-ring (bicyclic) bond motifs is 1. The first-order chi connectivity index (χ1) is 11.2. The Hall–Kier alpha value is -2.88. The van der Waals surface area contributed by atoms with Gasteiger partial charge in [0, 0.05) is 0 Å². The highest BCUT2D eigenvalue weighted by atomic mass is 16.5. The van der Waals surface area contributed by atoms with E-state index >= 15 is 0 Å². The average molecular weight is 307 g/mol. The third-order valence-electron chi connectivity index (χ3n) is 3.47. The van der Waals surface area contributed by atoms with Crippen LogP contribution in [0.4, 0.5) is 0 Å². The molecule has 0 saturated carbocycles. The maximum Gasteiger partial charge on any atom is 0.318 e. The lowest BCUT2D eigenvalue weighted by molar-refractivity contribution is -0.144. The summed E-state index contributed by atoms with van der Waals surface area (Å²) in [5, 5.41) is 0. The Morgan fingerprint density at radius 1 is 1.17 bits per heavy atom. The van der Waals surface area contributed by atoms with Crippen LogP contribution in [0.1, 0.15) is 24.3 Å². The Balaban J connectivity index is 1.58. The van der Waals surface area contributed by atoms with Crippen LogP contribution in [-0.4, -0.2) is 17.6 Å². The Labute approximate surface area is 134 Å². The minimum Gasteiger partial charge on any atom is -0.461 e. The second-order valence-electron chi connectivity index (χ2n) is 5.18. The molecule has 0 amide bonds. The standard InChI is InChI=1S/C19H17NO3/c1-14(18-20-16-11-5-6-12-17(16)23-18)19(21)22-13-7-10-15-8-3-2-4-9-15/h2-12,14H,13H2,1H3/b10-7+. The summed E-state index contributed by atoms with van der Waals surface area (Å²) in [6.45, 7) is 1.95. The molecule has 2 aromatic carbocycles. The summed E-state index contributed by atoms with van der Waals surface area (Å²) in [4.78, 5) is 16.4. The van der Waals surface area contributed by atoms with Crippen molar-refractivity contribution < 1.29 is 13.9 Å². The second kappa shape index (κ2) is 6.92. The van der Waals surface area contributed by atoms with E-state index in [4.69, 9.17) is 9.15 Å². The molecule has 1 unspecified atom stereocenters. The van der Waals surface area contributed by atoms with Crippen LogP contribution in [0, 0.1) is 0 Å². The van der Waals surface area contributed by atoms with Crippen LogP contribution in [0.25, 0.3) is 17.2 Å². The molecule has 0 aliphatic heterocycles. The molecule has 0 N–H and O–H groups in total. The van der Waals surface area contributed by atoms with Gasteiger partial charge >= 0.3 is 5.97 Å². The number of rotatable bonds is 5. The van der Waals surface area contributed by atoms with Gasteiger partial charge in [0.1, 0.15) is 18.0 Å². The minimum absolute atomic E-state index is 0.221. The number of para-hydroxylation sites is 2. The van der Waals surface area contributed by atoms with Gasteiger partial charge in [-0.25, -0.2) is 4.98 Å². The van der Waals surface area contributed by atoms with E-state index in [9.17, 15) is 4.79 Å². The summed E-state index contributed by atoms with van der Waals surface area (Å²) in [6, 6.07) is 17.3. The average Bonchev–Trinajstić information content (AvgIpc) is 3.03. The first-order valence-electron chi connectivity index (χ1n) is 7.48. The first kappa shape index (κ1) is 15.0. The SMILES string of the molecule is CC(C(=O)OC/C=C/c1ccccc1)c1nc2ccccc2o1. The third-order valence-corrected chi connectivity index (χ3v) is 3.47. The number of esters is 1. The molecule has 116 valence electrons. The summed E-state index contributed by atoms with van der Waals surface area (Å²) in [5.74, 6) is -0.509. The van der Waals surface area contributed by atoms with Crippen molar-refractivity contribution >= 4 is 23.1 Å².